The summed E-state index contributed by atoms with van der Waals surface area (Å²) in [4.78, 5) is 6.42. The lowest BCUT2D eigenvalue weighted by atomic mass is 10.4. The van der Waals surface area contributed by atoms with Crippen LogP contribution in [0.4, 0.5) is 0 Å². The van der Waals surface area contributed by atoms with E-state index in [1.165, 1.54) is 5.69 Å². The summed E-state index contributed by atoms with van der Waals surface area (Å²) in [6, 6.07) is 4.18. The Morgan fingerprint density at radius 3 is 2.89 bits per heavy atom. The fraction of sp³-hybridized carbons (Fsp3) is 0.643. The van der Waals surface area contributed by atoms with Crippen LogP contribution in [0.5, 0.6) is 0 Å². The topological polar surface area (TPSA) is 41.8 Å². The van der Waals surface area contributed by atoms with Gasteiger partial charge in [0.2, 0.25) is 0 Å². The zero-order chi connectivity index (χ0) is 14.1. The third-order valence-corrected chi connectivity index (χ3v) is 2.98. The maximum absolute atomic E-state index is 5.31. The number of hydrogen-bond donors (Lipinski definition) is 1. The molecule has 0 aliphatic rings. The lowest BCUT2D eigenvalue weighted by Gasteiger charge is -2.22. The molecule has 0 unspecified atom stereocenters. The minimum atomic E-state index is 0.780. The van der Waals surface area contributed by atoms with Crippen molar-refractivity contribution in [2.24, 2.45) is 12.0 Å². The molecule has 0 aromatic carbocycles. The number of nitrogens with zero attached hydrogens (tertiary/aromatic N) is 3. The van der Waals surface area contributed by atoms with Crippen molar-refractivity contribution in [3.8, 4) is 0 Å². The second kappa shape index (κ2) is 8.58. The zero-order valence-electron chi connectivity index (χ0n) is 12.5. The fourth-order valence-electron chi connectivity index (χ4n) is 1.88. The van der Waals surface area contributed by atoms with Crippen LogP contribution in [-0.4, -0.2) is 49.3 Å². The molecule has 1 rings (SSSR count). The molecule has 0 bridgehead atoms. The van der Waals surface area contributed by atoms with Crippen LogP contribution in [-0.2, 0) is 18.3 Å². The van der Waals surface area contributed by atoms with E-state index in [1.54, 1.807) is 0 Å². The number of rotatable bonds is 7. The van der Waals surface area contributed by atoms with Crippen molar-refractivity contribution in [3.05, 3.63) is 24.0 Å². The lowest BCUT2D eigenvalue weighted by Crippen LogP contribution is -2.39. The highest BCUT2D eigenvalue weighted by atomic mass is 16.5. The van der Waals surface area contributed by atoms with E-state index >= 15 is 0 Å². The van der Waals surface area contributed by atoms with E-state index in [4.69, 9.17) is 4.74 Å². The predicted molar refractivity (Wildman–Crippen MR) is 79.4 cm³/mol. The fourth-order valence-corrected chi connectivity index (χ4v) is 1.88. The van der Waals surface area contributed by atoms with E-state index in [0.29, 0.717) is 0 Å². The molecule has 108 valence electrons. The maximum Gasteiger partial charge on any atom is 0.193 e. The number of aliphatic imine (C=N–C) groups is 1. The number of aromatic nitrogens is 1. The molecule has 0 radical (unpaired) electrons. The van der Waals surface area contributed by atoms with Crippen molar-refractivity contribution in [2.45, 2.75) is 19.9 Å². The van der Waals surface area contributed by atoms with E-state index in [0.717, 1.165) is 38.7 Å². The van der Waals surface area contributed by atoms with Crippen LogP contribution < -0.4 is 5.32 Å². The Morgan fingerprint density at radius 2 is 2.32 bits per heavy atom. The molecule has 1 aromatic heterocycles. The quantitative estimate of drug-likeness (QED) is 0.461. The van der Waals surface area contributed by atoms with Gasteiger partial charge in [-0.3, -0.25) is 4.99 Å². The molecular weight excluding hydrogens is 240 g/mol. The van der Waals surface area contributed by atoms with Crippen LogP contribution in [0.2, 0.25) is 0 Å². The first-order chi connectivity index (χ1) is 9.19. The highest BCUT2D eigenvalue weighted by Gasteiger charge is 2.07. The van der Waals surface area contributed by atoms with Gasteiger partial charge in [0.05, 0.1) is 6.54 Å². The van der Waals surface area contributed by atoms with E-state index < -0.39 is 0 Å². The van der Waals surface area contributed by atoms with Gasteiger partial charge in [0.15, 0.2) is 5.96 Å². The number of guanidine groups is 1. The highest BCUT2D eigenvalue weighted by molar-refractivity contribution is 5.79. The Kier molecular flexibility index (Phi) is 7.03. The van der Waals surface area contributed by atoms with Crippen molar-refractivity contribution in [1.29, 1.82) is 0 Å². The summed E-state index contributed by atoms with van der Waals surface area (Å²) < 4.78 is 7.44. The summed E-state index contributed by atoms with van der Waals surface area (Å²) in [5.41, 5.74) is 1.26. The Bertz CT molecular complexity index is 387. The Labute approximate surface area is 116 Å². The van der Waals surface area contributed by atoms with Crippen LogP contribution in [0.1, 0.15) is 19.0 Å². The molecule has 0 fully saturated rings. The van der Waals surface area contributed by atoms with Gasteiger partial charge in [0, 0.05) is 52.8 Å². The van der Waals surface area contributed by atoms with Crippen LogP contribution >= 0.6 is 0 Å². The first-order valence-corrected chi connectivity index (χ1v) is 6.78. The molecule has 19 heavy (non-hydrogen) atoms. The highest BCUT2D eigenvalue weighted by Crippen LogP contribution is 2.03. The third kappa shape index (κ3) is 5.34. The van der Waals surface area contributed by atoms with Crippen LogP contribution in [0.25, 0.3) is 0 Å². The van der Waals surface area contributed by atoms with Crippen molar-refractivity contribution in [1.82, 2.24) is 14.8 Å². The lowest BCUT2D eigenvalue weighted by molar-refractivity contribution is 0.145. The average Bonchev–Trinajstić information content (AvgIpc) is 2.79. The average molecular weight is 266 g/mol. The first-order valence-electron chi connectivity index (χ1n) is 6.78. The molecule has 0 saturated carbocycles. The summed E-state index contributed by atoms with van der Waals surface area (Å²) in [5, 5.41) is 3.35. The molecule has 0 aliphatic carbocycles. The predicted octanol–water partition coefficient (Wildman–Crippen LogP) is 1.46. The van der Waals surface area contributed by atoms with Gasteiger partial charge in [0.1, 0.15) is 0 Å². The molecule has 0 aliphatic heterocycles. The molecule has 0 amide bonds. The molecule has 0 spiro atoms. The van der Waals surface area contributed by atoms with Gasteiger partial charge >= 0.3 is 0 Å². The van der Waals surface area contributed by atoms with E-state index in [2.05, 4.69) is 45.2 Å². The van der Waals surface area contributed by atoms with Gasteiger partial charge in [-0.15, -0.1) is 0 Å². The summed E-state index contributed by atoms with van der Waals surface area (Å²) in [6.07, 6.45) is 3.05. The Morgan fingerprint density at radius 1 is 1.53 bits per heavy atom. The monoisotopic (exact) mass is 266 g/mol. The largest absolute Gasteiger partial charge is 0.382 e. The van der Waals surface area contributed by atoms with E-state index in [9.17, 15) is 0 Å². The summed E-state index contributed by atoms with van der Waals surface area (Å²) >= 11 is 0. The molecule has 0 saturated heterocycles. The van der Waals surface area contributed by atoms with Crippen LogP contribution in [0.15, 0.2) is 23.3 Å². The molecule has 5 heteroatoms. The molecule has 5 nitrogen and oxygen atoms in total. The van der Waals surface area contributed by atoms with Crippen molar-refractivity contribution in [3.63, 3.8) is 0 Å². The third-order valence-electron chi connectivity index (χ3n) is 2.98. The zero-order valence-corrected chi connectivity index (χ0v) is 12.5. The standard InChI is InChI=1S/C14H26N4O/c1-5-19-11-7-9-16-14(15-2)18(4)12-13-8-6-10-17(13)3/h6,8,10H,5,7,9,11-12H2,1-4H3,(H,15,16). The summed E-state index contributed by atoms with van der Waals surface area (Å²) in [6.45, 7) is 5.31. The summed E-state index contributed by atoms with van der Waals surface area (Å²) in [7, 11) is 5.92. The second-order valence-corrected chi connectivity index (χ2v) is 4.49. The maximum atomic E-state index is 5.31. The Balaban J connectivity index is 2.36. The van der Waals surface area contributed by atoms with Crippen LogP contribution in [0, 0.1) is 0 Å². The molecule has 0 atom stereocenters. The SMILES string of the molecule is CCOCCCNC(=NC)N(C)Cc1cccn1C. The van der Waals surface area contributed by atoms with Gasteiger partial charge in [0.25, 0.3) is 0 Å². The number of ether oxygens (including phenoxy) is 1. The second-order valence-electron chi connectivity index (χ2n) is 4.49. The molecule has 1 heterocycles. The first kappa shape index (κ1) is 15.6. The van der Waals surface area contributed by atoms with Gasteiger partial charge in [-0.1, -0.05) is 0 Å². The van der Waals surface area contributed by atoms with Gasteiger partial charge in [-0.05, 0) is 25.5 Å². The number of aryl methyl sites for hydroxylation is 1. The molecular formula is C14H26N4O. The van der Waals surface area contributed by atoms with Crippen LogP contribution in [0.3, 0.4) is 0 Å². The number of nitrogens with one attached hydrogen (secondary N) is 1. The smallest absolute Gasteiger partial charge is 0.193 e. The van der Waals surface area contributed by atoms with Crippen molar-refractivity contribution < 1.29 is 4.74 Å². The van der Waals surface area contributed by atoms with Crippen molar-refractivity contribution >= 4 is 5.96 Å². The van der Waals surface area contributed by atoms with E-state index in [-0.39, 0.29) is 0 Å². The minimum absolute atomic E-state index is 0.780. The van der Waals surface area contributed by atoms with Crippen molar-refractivity contribution in [2.75, 3.05) is 33.9 Å². The van der Waals surface area contributed by atoms with Gasteiger partial charge < -0.3 is 19.5 Å². The minimum Gasteiger partial charge on any atom is -0.382 e. The Hall–Kier alpha value is -1.49. The van der Waals surface area contributed by atoms with E-state index in [1.807, 2.05) is 21.0 Å². The normalized spacial score (nSPS) is 11.7. The summed E-state index contributed by atoms with van der Waals surface area (Å²) in [5.74, 6) is 0.915. The molecule has 1 aromatic rings. The van der Waals surface area contributed by atoms with Gasteiger partial charge in [-0.2, -0.15) is 0 Å². The number of hydrogen-bond acceptors (Lipinski definition) is 2. The van der Waals surface area contributed by atoms with Gasteiger partial charge in [-0.25, -0.2) is 0 Å². The molecule has 1 N–H and O–H groups in total.